The maximum Gasteiger partial charge on any atom is 0.327 e. The van der Waals surface area contributed by atoms with E-state index in [0.717, 1.165) is 51.7 Å². The SMILES string of the molecule is O=C1Nc2cc(-c3cccc(OCCC4CCCCN4)c3)ccc2CN1c1csc(-c2ccncc2)n1. The van der Waals surface area contributed by atoms with Crippen LogP contribution in [-0.4, -0.2) is 35.2 Å². The molecule has 2 aromatic heterocycles. The Morgan fingerprint density at radius 2 is 1.92 bits per heavy atom. The van der Waals surface area contributed by atoms with E-state index in [2.05, 4.69) is 39.9 Å². The second kappa shape index (κ2) is 10.7. The van der Waals surface area contributed by atoms with Crippen LogP contribution in [0, 0.1) is 0 Å². The van der Waals surface area contributed by atoms with Crippen LogP contribution in [0.4, 0.5) is 16.3 Å². The summed E-state index contributed by atoms with van der Waals surface area (Å²) in [5.41, 5.74) is 4.98. The topological polar surface area (TPSA) is 79.4 Å². The van der Waals surface area contributed by atoms with Crippen LogP contribution in [0.1, 0.15) is 31.2 Å². The lowest BCUT2D eigenvalue weighted by Gasteiger charge is -2.28. The molecule has 0 bridgehead atoms. The second-order valence-corrected chi connectivity index (χ2v) is 10.3. The summed E-state index contributed by atoms with van der Waals surface area (Å²) in [5.74, 6) is 1.52. The van der Waals surface area contributed by atoms with Crippen molar-refractivity contribution in [3.8, 4) is 27.4 Å². The molecule has 0 spiro atoms. The molecular formula is C29H29N5O2S. The highest BCUT2D eigenvalue weighted by Gasteiger charge is 2.26. The molecule has 2 aromatic carbocycles. The number of nitrogens with zero attached hydrogens (tertiary/aromatic N) is 3. The van der Waals surface area contributed by atoms with Crippen molar-refractivity contribution in [2.24, 2.45) is 0 Å². The Bertz CT molecular complexity index is 1380. The number of carbonyl (C=O) groups is 1. The maximum absolute atomic E-state index is 13.0. The van der Waals surface area contributed by atoms with Gasteiger partial charge in [-0.1, -0.05) is 30.7 Å². The van der Waals surface area contributed by atoms with Gasteiger partial charge in [0.05, 0.1) is 13.2 Å². The van der Waals surface area contributed by atoms with Crippen molar-refractivity contribution in [1.82, 2.24) is 15.3 Å². The highest BCUT2D eigenvalue weighted by molar-refractivity contribution is 7.13. The third kappa shape index (κ3) is 5.35. The average Bonchev–Trinajstić information content (AvgIpc) is 3.44. The smallest absolute Gasteiger partial charge is 0.327 e. The van der Waals surface area contributed by atoms with Crippen LogP contribution in [-0.2, 0) is 6.54 Å². The third-order valence-corrected chi connectivity index (χ3v) is 7.81. The first-order valence-corrected chi connectivity index (χ1v) is 13.6. The summed E-state index contributed by atoms with van der Waals surface area (Å²) < 4.78 is 6.07. The minimum atomic E-state index is -0.176. The Kier molecular flexibility index (Phi) is 6.84. The number of anilines is 2. The van der Waals surface area contributed by atoms with Gasteiger partial charge in [-0.15, -0.1) is 11.3 Å². The molecule has 0 aliphatic carbocycles. The molecule has 188 valence electrons. The number of rotatable bonds is 7. The summed E-state index contributed by atoms with van der Waals surface area (Å²) in [4.78, 5) is 23.4. The minimum absolute atomic E-state index is 0.176. The number of pyridine rings is 1. The number of piperidine rings is 1. The lowest BCUT2D eigenvalue weighted by molar-refractivity contribution is 0.256. The highest BCUT2D eigenvalue weighted by atomic mass is 32.1. The van der Waals surface area contributed by atoms with Gasteiger partial charge in [0.1, 0.15) is 16.6 Å². The van der Waals surface area contributed by atoms with E-state index >= 15 is 0 Å². The van der Waals surface area contributed by atoms with Crippen LogP contribution >= 0.6 is 11.3 Å². The summed E-state index contributed by atoms with van der Waals surface area (Å²) in [6.07, 6.45) is 8.32. The van der Waals surface area contributed by atoms with E-state index in [1.807, 2.05) is 35.7 Å². The fourth-order valence-corrected chi connectivity index (χ4v) is 5.71. The Hall–Kier alpha value is -3.75. The van der Waals surface area contributed by atoms with E-state index in [1.165, 1.54) is 30.6 Å². The second-order valence-electron chi connectivity index (χ2n) is 9.45. The first-order valence-electron chi connectivity index (χ1n) is 12.8. The molecule has 1 atom stereocenters. The number of ether oxygens (including phenoxy) is 1. The van der Waals surface area contributed by atoms with Crippen molar-refractivity contribution >= 4 is 28.9 Å². The van der Waals surface area contributed by atoms with E-state index in [1.54, 1.807) is 17.3 Å². The number of nitrogens with one attached hydrogen (secondary N) is 2. The normalized spacial score (nSPS) is 17.2. The number of hydrogen-bond acceptors (Lipinski definition) is 6. The van der Waals surface area contributed by atoms with Crippen molar-refractivity contribution in [1.29, 1.82) is 0 Å². The molecule has 7 nitrogen and oxygen atoms in total. The predicted octanol–water partition coefficient (Wildman–Crippen LogP) is 6.34. The fraction of sp³-hybridized carbons (Fsp3) is 0.276. The molecule has 2 aliphatic heterocycles. The predicted molar refractivity (Wildman–Crippen MR) is 148 cm³/mol. The van der Waals surface area contributed by atoms with Gasteiger partial charge in [0.25, 0.3) is 0 Å². The number of hydrogen-bond donors (Lipinski definition) is 2. The first-order chi connectivity index (χ1) is 18.2. The van der Waals surface area contributed by atoms with Crippen molar-refractivity contribution in [2.45, 2.75) is 38.3 Å². The van der Waals surface area contributed by atoms with Crippen molar-refractivity contribution in [3.63, 3.8) is 0 Å². The van der Waals surface area contributed by atoms with Crippen LogP contribution in [0.2, 0.25) is 0 Å². The summed E-state index contributed by atoms with van der Waals surface area (Å²) in [7, 11) is 0. The Labute approximate surface area is 220 Å². The molecule has 1 fully saturated rings. The van der Waals surface area contributed by atoms with E-state index in [9.17, 15) is 4.79 Å². The standard InChI is InChI=1S/C29H29N5O2S/c35-29-32-26-17-22(21-4-3-6-25(16-21)36-15-11-24-5-1-2-12-31-24)7-8-23(26)18-34(29)27-19-37-28(33-27)20-9-13-30-14-10-20/h3-4,6-10,13-14,16-17,19,24,31H,1-2,5,11-12,15,18H2,(H,32,35). The zero-order chi connectivity index (χ0) is 25.0. The van der Waals surface area contributed by atoms with E-state index in [4.69, 9.17) is 9.72 Å². The van der Waals surface area contributed by atoms with Crippen LogP contribution in [0.25, 0.3) is 21.7 Å². The van der Waals surface area contributed by atoms with Crippen LogP contribution < -0.4 is 20.3 Å². The molecule has 37 heavy (non-hydrogen) atoms. The van der Waals surface area contributed by atoms with Gasteiger partial charge in [0.2, 0.25) is 0 Å². The van der Waals surface area contributed by atoms with E-state index < -0.39 is 0 Å². The lowest BCUT2D eigenvalue weighted by atomic mass is 10.0. The molecule has 2 amide bonds. The Balaban J connectivity index is 1.14. The molecule has 0 radical (unpaired) electrons. The van der Waals surface area contributed by atoms with Gasteiger partial charge in [-0.25, -0.2) is 9.78 Å². The molecule has 4 aromatic rings. The monoisotopic (exact) mass is 511 g/mol. The molecule has 4 heterocycles. The van der Waals surface area contributed by atoms with E-state index in [-0.39, 0.29) is 6.03 Å². The molecule has 1 saturated heterocycles. The maximum atomic E-state index is 13.0. The number of fused-ring (bicyclic) bond motifs is 1. The average molecular weight is 512 g/mol. The molecular weight excluding hydrogens is 482 g/mol. The largest absolute Gasteiger partial charge is 0.494 e. The van der Waals surface area contributed by atoms with Gasteiger partial charge in [0.15, 0.2) is 0 Å². The third-order valence-electron chi connectivity index (χ3n) is 6.94. The zero-order valence-corrected chi connectivity index (χ0v) is 21.3. The zero-order valence-electron chi connectivity index (χ0n) is 20.5. The van der Waals surface area contributed by atoms with Crippen molar-refractivity contribution in [3.05, 3.63) is 77.9 Å². The van der Waals surface area contributed by atoms with Gasteiger partial charge in [0, 0.05) is 35.1 Å². The molecule has 2 N–H and O–H groups in total. The fourth-order valence-electron chi connectivity index (χ4n) is 4.89. The number of urea groups is 1. The quantitative estimate of drug-likeness (QED) is 0.303. The number of amides is 2. The van der Waals surface area contributed by atoms with Gasteiger partial charge >= 0.3 is 6.03 Å². The number of thiazole rings is 1. The van der Waals surface area contributed by atoms with Crippen molar-refractivity contribution in [2.75, 3.05) is 23.4 Å². The van der Waals surface area contributed by atoms with Crippen LogP contribution in [0.3, 0.4) is 0 Å². The van der Waals surface area contributed by atoms with Crippen LogP contribution in [0.5, 0.6) is 5.75 Å². The Morgan fingerprint density at radius 3 is 2.78 bits per heavy atom. The summed E-state index contributed by atoms with van der Waals surface area (Å²) >= 11 is 1.52. The molecule has 2 aliphatic rings. The highest BCUT2D eigenvalue weighted by Crippen LogP contribution is 2.34. The summed E-state index contributed by atoms with van der Waals surface area (Å²) in [6, 6.07) is 18.6. The van der Waals surface area contributed by atoms with Gasteiger partial charge in [-0.05, 0) is 72.8 Å². The molecule has 8 heteroatoms. The minimum Gasteiger partial charge on any atom is -0.494 e. The number of benzene rings is 2. The van der Waals surface area contributed by atoms with E-state index in [0.29, 0.717) is 25.0 Å². The number of carbonyl (C=O) groups excluding carboxylic acids is 1. The first kappa shape index (κ1) is 23.6. The molecule has 6 rings (SSSR count). The summed E-state index contributed by atoms with van der Waals surface area (Å²) in [6.45, 7) is 2.29. The van der Waals surface area contributed by atoms with Crippen LogP contribution in [0.15, 0.2) is 72.4 Å². The lowest BCUT2D eigenvalue weighted by Crippen LogP contribution is -2.38. The van der Waals surface area contributed by atoms with Gasteiger partial charge in [-0.3, -0.25) is 9.88 Å². The summed E-state index contributed by atoms with van der Waals surface area (Å²) in [5, 5.41) is 9.42. The Morgan fingerprint density at radius 1 is 1.03 bits per heavy atom. The number of aromatic nitrogens is 2. The molecule has 0 saturated carbocycles. The van der Waals surface area contributed by atoms with Crippen molar-refractivity contribution < 1.29 is 9.53 Å². The van der Waals surface area contributed by atoms with Gasteiger partial charge < -0.3 is 15.4 Å². The van der Waals surface area contributed by atoms with Gasteiger partial charge in [-0.2, -0.15) is 0 Å². The molecule has 1 unspecified atom stereocenters.